The summed E-state index contributed by atoms with van der Waals surface area (Å²) in [6.07, 6.45) is 1.70. The average Bonchev–Trinajstić information content (AvgIpc) is 2.34. The number of para-hydroxylation sites is 1. The van der Waals surface area contributed by atoms with Crippen LogP contribution in [0.5, 0.6) is 0 Å². The van der Waals surface area contributed by atoms with Crippen molar-refractivity contribution in [2.75, 3.05) is 11.4 Å². The Hall–Kier alpha value is -2.10. The van der Waals surface area contributed by atoms with Crippen LogP contribution in [-0.2, 0) is 9.59 Å². The number of carbonyl (C=O) groups excluding carboxylic acids is 1. The van der Waals surface area contributed by atoms with Gasteiger partial charge in [-0.1, -0.05) is 24.8 Å². The average molecular weight is 233 g/mol. The second-order valence-corrected chi connectivity index (χ2v) is 3.53. The highest BCUT2D eigenvalue weighted by Gasteiger charge is 2.12. The lowest BCUT2D eigenvalue weighted by atomic mass is 10.2. The van der Waals surface area contributed by atoms with Crippen molar-refractivity contribution >= 4 is 17.6 Å². The first-order valence-corrected chi connectivity index (χ1v) is 5.36. The first kappa shape index (κ1) is 13.0. The number of carboxylic acid groups (broad SMARTS) is 1. The molecule has 1 aromatic carbocycles. The molecule has 0 atom stereocenters. The Morgan fingerprint density at radius 1 is 1.29 bits per heavy atom. The molecule has 1 N–H and O–H groups in total. The van der Waals surface area contributed by atoms with Gasteiger partial charge in [0, 0.05) is 18.7 Å². The molecule has 0 spiro atoms. The van der Waals surface area contributed by atoms with Crippen LogP contribution in [0.25, 0.3) is 0 Å². The van der Waals surface area contributed by atoms with Crippen LogP contribution in [0.2, 0.25) is 0 Å². The zero-order chi connectivity index (χ0) is 12.7. The van der Waals surface area contributed by atoms with Crippen molar-refractivity contribution in [1.29, 1.82) is 0 Å². The van der Waals surface area contributed by atoms with Gasteiger partial charge in [-0.25, -0.2) is 0 Å². The number of carboxylic acids is 1. The Kier molecular flexibility index (Phi) is 4.94. The van der Waals surface area contributed by atoms with E-state index in [9.17, 15) is 9.59 Å². The van der Waals surface area contributed by atoms with Crippen LogP contribution < -0.4 is 4.90 Å². The molecule has 4 heteroatoms. The van der Waals surface area contributed by atoms with Gasteiger partial charge >= 0.3 is 5.97 Å². The van der Waals surface area contributed by atoms with E-state index in [1.807, 2.05) is 30.3 Å². The maximum Gasteiger partial charge on any atom is 0.303 e. The van der Waals surface area contributed by atoms with Crippen LogP contribution >= 0.6 is 0 Å². The van der Waals surface area contributed by atoms with E-state index in [-0.39, 0.29) is 12.3 Å². The summed E-state index contributed by atoms with van der Waals surface area (Å²) in [5.74, 6) is -1.08. The Labute approximate surface area is 100 Å². The van der Waals surface area contributed by atoms with Crippen LogP contribution in [0.1, 0.15) is 12.8 Å². The predicted molar refractivity (Wildman–Crippen MR) is 65.9 cm³/mol. The largest absolute Gasteiger partial charge is 0.481 e. The lowest BCUT2D eigenvalue weighted by Gasteiger charge is -2.20. The lowest BCUT2D eigenvalue weighted by molar-refractivity contribution is -0.137. The quantitative estimate of drug-likeness (QED) is 0.765. The molecule has 0 aliphatic heterocycles. The predicted octanol–water partition coefficient (Wildman–Crippen LogP) is 2.07. The minimum atomic E-state index is -0.857. The Balaban J connectivity index is 2.71. The van der Waals surface area contributed by atoms with Gasteiger partial charge in [0.15, 0.2) is 0 Å². The van der Waals surface area contributed by atoms with Crippen LogP contribution in [-0.4, -0.2) is 23.5 Å². The molecular formula is C13H15NO3. The number of hydrogen-bond acceptors (Lipinski definition) is 2. The van der Waals surface area contributed by atoms with Crippen molar-refractivity contribution in [3.63, 3.8) is 0 Å². The van der Waals surface area contributed by atoms with Gasteiger partial charge in [-0.15, -0.1) is 0 Å². The zero-order valence-corrected chi connectivity index (χ0v) is 9.50. The molecule has 1 aromatic rings. The van der Waals surface area contributed by atoms with Crippen molar-refractivity contribution < 1.29 is 14.7 Å². The smallest absolute Gasteiger partial charge is 0.303 e. The van der Waals surface area contributed by atoms with Gasteiger partial charge in [-0.3, -0.25) is 9.59 Å². The molecule has 0 heterocycles. The van der Waals surface area contributed by atoms with Gasteiger partial charge in [0.05, 0.1) is 0 Å². The summed E-state index contributed by atoms with van der Waals surface area (Å²) >= 11 is 0. The number of rotatable bonds is 6. The third-order valence-corrected chi connectivity index (χ3v) is 2.28. The van der Waals surface area contributed by atoms with E-state index in [1.165, 1.54) is 11.0 Å². The maximum atomic E-state index is 11.6. The molecule has 1 rings (SSSR count). The minimum absolute atomic E-state index is 0.0494. The lowest BCUT2D eigenvalue weighted by Crippen LogP contribution is -2.30. The Morgan fingerprint density at radius 3 is 2.47 bits per heavy atom. The zero-order valence-electron chi connectivity index (χ0n) is 9.50. The molecule has 4 nitrogen and oxygen atoms in total. The number of hydrogen-bond donors (Lipinski definition) is 1. The molecule has 0 aliphatic carbocycles. The van der Waals surface area contributed by atoms with E-state index in [0.29, 0.717) is 13.0 Å². The maximum absolute atomic E-state index is 11.6. The van der Waals surface area contributed by atoms with Gasteiger partial charge < -0.3 is 10.0 Å². The van der Waals surface area contributed by atoms with E-state index in [0.717, 1.165) is 5.69 Å². The fourth-order valence-electron chi connectivity index (χ4n) is 1.47. The molecular weight excluding hydrogens is 218 g/mol. The Bertz CT molecular complexity index is 400. The summed E-state index contributed by atoms with van der Waals surface area (Å²) in [6, 6.07) is 9.13. The number of nitrogens with zero attached hydrogens (tertiary/aromatic N) is 1. The number of anilines is 1. The molecule has 0 bridgehead atoms. The van der Waals surface area contributed by atoms with E-state index < -0.39 is 5.97 Å². The minimum Gasteiger partial charge on any atom is -0.481 e. The monoisotopic (exact) mass is 233 g/mol. The van der Waals surface area contributed by atoms with E-state index in [2.05, 4.69) is 6.58 Å². The molecule has 0 saturated heterocycles. The topological polar surface area (TPSA) is 57.6 Å². The van der Waals surface area contributed by atoms with Crippen molar-refractivity contribution in [3.05, 3.63) is 43.0 Å². The molecule has 0 unspecified atom stereocenters. The van der Waals surface area contributed by atoms with Gasteiger partial charge in [-0.2, -0.15) is 0 Å². The summed E-state index contributed by atoms with van der Waals surface area (Å²) < 4.78 is 0. The van der Waals surface area contributed by atoms with E-state index in [1.54, 1.807) is 0 Å². The van der Waals surface area contributed by atoms with Gasteiger partial charge in [0.2, 0.25) is 5.91 Å². The standard InChI is InChI=1S/C13H15NO3/c1-2-12(15)14(10-6-9-13(16)17)11-7-4-3-5-8-11/h2-5,7-8H,1,6,9-10H2,(H,16,17). The molecule has 0 fully saturated rings. The second kappa shape index (κ2) is 6.48. The number of carbonyl (C=O) groups is 2. The van der Waals surface area contributed by atoms with Crippen molar-refractivity contribution in [2.24, 2.45) is 0 Å². The second-order valence-electron chi connectivity index (χ2n) is 3.53. The molecule has 0 radical (unpaired) electrons. The molecule has 0 aromatic heterocycles. The summed E-state index contributed by atoms with van der Waals surface area (Å²) in [5.41, 5.74) is 0.753. The first-order chi connectivity index (χ1) is 8.15. The van der Waals surface area contributed by atoms with Crippen molar-refractivity contribution in [1.82, 2.24) is 0 Å². The third-order valence-electron chi connectivity index (χ3n) is 2.28. The van der Waals surface area contributed by atoms with Gasteiger partial charge in [0.25, 0.3) is 0 Å². The molecule has 0 saturated carbocycles. The van der Waals surface area contributed by atoms with Crippen molar-refractivity contribution in [3.8, 4) is 0 Å². The highest BCUT2D eigenvalue weighted by atomic mass is 16.4. The normalized spacial score (nSPS) is 9.65. The fourth-order valence-corrected chi connectivity index (χ4v) is 1.47. The van der Waals surface area contributed by atoms with Crippen LogP contribution in [0.3, 0.4) is 0 Å². The first-order valence-electron chi connectivity index (χ1n) is 5.36. The van der Waals surface area contributed by atoms with Crippen molar-refractivity contribution in [2.45, 2.75) is 12.8 Å². The Morgan fingerprint density at radius 2 is 1.94 bits per heavy atom. The summed E-state index contributed by atoms with van der Waals surface area (Å²) in [4.78, 5) is 23.6. The van der Waals surface area contributed by atoms with Crippen LogP contribution in [0.4, 0.5) is 5.69 Å². The number of benzene rings is 1. The van der Waals surface area contributed by atoms with E-state index >= 15 is 0 Å². The molecule has 0 aliphatic rings. The molecule has 90 valence electrons. The third kappa shape index (κ3) is 4.10. The van der Waals surface area contributed by atoms with Crippen LogP contribution in [0, 0.1) is 0 Å². The van der Waals surface area contributed by atoms with Crippen LogP contribution in [0.15, 0.2) is 43.0 Å². The highest BCUT2D eigenvalue weighted by Crippen LogP contribution is 2.14. The SMILES string of the molecule is C=CC(=O)N(CCCC(=O)O)c1ccccc1. The summed E-state index contributed by atoms with van der Waals surface area (Å²) in [5, 5.41) is 8.57. The number of amides is 1. The van der Waals surface area contributed by atoms with E-state index in [4.69, 9.17) is 5.11 Å². The highest BCUT2D eigenvalue weighted by molar-refractivity contribution is 6.01. The molecule has 1 amide bonds. The fraction of sp³-hybridized carbons (Fsp3) is 0.231. The van der Waals surface area contributed by atoms with Gasteiger partial charge in [-0.05, 0) is 24.6 Å². The summed E-state index contributed by atoms with van der Waals surface area (Å²) in [7, 11) is 0. The van der Waals surface area contributed by atoms with Gasteiger partial charge in [0.1, 0.15) is 0 Å². The number of aliphatic carboxylic acids is 1. The molecule has 17 heavy (non-hydrogen) atoms. The summed E-state index contributed by atoms with van der Waals surface area (Å²) in [6.45, 7) is 3.82.